The van der Waals surface area contributed by atoms with Crippen LogP contribution in [-0.2, 0) is 6.54 Å². The third kappa shape index (κ3) is 2.67. The highest BCUT2D eigenvalue weighted by atomic mass is 35.5. The predicted molar refractivity (Wildman–Crippen MR) is 85.6 cm³/mol. The number of halogens is 1. The molecule has 2 fully saturated rings. The fraction of sp³-hybridized carbons (Fsp3) is 0.625. The molecule has 0 bridgehead atoms. The molecule has 2 unspecified atom stereocenters. The van der Waals surface area contributed by atoms with Crippen LogP contribution in [0, 0.1) is 0 Å². The van der Waals surface area contributed by atoms with Crippen LogP contribution < -0.4 is 10.2 Å². The van der Waals surface area contributed by atoms with Crippen molar-refractivity contribution in [3.8, 4) is 0 Å². The minimum atomic E-state index is 0.539. The normalized spacial score (nSPS) is 26.9. The van der Waals surface area contributed by atoms with Gasteiger partial charge in [0.2, 0.25) is 0 Å². The van der Waals surface area contributed by atoms with Gasteiger partial charge >= 0.3 is 0 Å². The van der Waals surface area contributed by atoms with Gasteiger partial charge in [-0.2, -0.15) is 0 Å². The first-order chi connectivity index (χ1) is 9.69. The van der Waals surface area contributed by atoms with Crippen molar-refractivity contribution in [1.82, 2.24) is 10.2 Å². The maximum atomic E-state index is 6.52. The summed E-state index contributed by atoms with van der Waals surface area (Å²) in [5.41, 5.74) is 2.44. The van der Waals surface area contributed by atoms with E-state index in [1.54, 1.807) is 0 Å². The number of rotatable bonds is 3. The molecule has 0 saturated carbocycles. The summed E-state index contributed by atoms with van der Waals surface area (Å²) < 4.78 is 0. The van der Waals surface area contributed by atoms with Gasteiger partial charge in [0.15, 0.2) is 0 Å². The summed E-state index contributed by atoms with van der Waals surface area (Å²) in [6.45, 7) is 6.74. The highest BCUT2D eigenvalue weighted by Gasteiger charge is 2.34. The summed E-state index contributed by atoms with van der Waals surface area (Å²) in [5.74, 6) is 0. The Morgan fingerprint density at radius 3 is 2.95 bits per heavy atom. The maximum Gasteiger partial charge on any atom is 0.0642 e. The van der Waals surface area contributed by atoms with Crippen molar-refractivity contribution in [2.45, 2.75) is 38.4 Å². The van der Waals surface area contributed by atoms with E-state index in [4.69, 9.17) is 11.6 Å². The number of fused-ring (bicyclic) bond motifs is 1. The van der Waals surface area contributed by atoms with Gasteiger partial charge in [-0.15, -0.1) is 0 Å². The molecule has 3 nitrogen and oxygen atoms in total. The zero-order valence-corrected chi connectivity index (χ0v) is 13.2. The topological polar surface area (TPSA) is 18.5 Å². The molecule has 2 aliphatic rings. The molecule has 2 saturated heterocycles. The fourth-order valence-corrected chi connectivity index (χ4v) is 3.93. The van der Waals surface area contributed by atoms with E-state index >= 15 is 0 Å². The van der Waals surface area contributed by atoms with Gasteiger partial charge < -0.3 is 10.2 Å². The minimum absolute atomic E-state index is 0.539. The highest BCUT2D eigenvalue weighted by molar-refractivity contribution is 6.33. The second-order valence-electron chi connectivity index (χ2n) is 6.11. The molecule has 0 aliphatic carbocycles. The van der Waals surface area contributed by atoms with Crippen LogP contribution >= 0.6 is 11.6 Å². The average Bonchev–Trinajstić information content (AvgIpc) is 2.86. The molecule has 0 aromatic heterocycles. The van der Waals surface area contributed by atoms with E-state index in [0.29, 0.717) is 6.04 Å². The van der Waals surface area contributed by atoms with E-state index in [1.165, 1.54) is 37.2 Å². The number of benzene rings is 1. The SMILES string of the molecule is CNCc1ccc(N2CC3CCCN3CC2C)c(Cl)c1. The highest BCUT2D eigenvalue weighted by Crippen LogP contribution is 2.33. The molecule has 3 rings (SSSR count). The molecule has 4 heteroatoms. The first kappa shape index (κ1) is 14.2. The van der Waals surface area contributed by atoms with Crippen molar-refractivity contribution in [2.75, 3.05) is 31.6 Å². The summed E-state index contributed by atoms with van der Waals surface area (Å²) in [7, 11) is 1.96. The molecule has 1 N–H and O–H groups in total. The predicted octanol–water partition coefficient (Wildman–Crippen LogP) is 2.73. The average molecular weight is 294 g/mol. The number of hydrogen-bond acceptors (Lipinski definition) is 3. The van der Waals surface area contributed by atoms with Crippen molar-refractivity contribution in [2.24, 2.45) is 0 Å². The van der Waals surface area contributed by atoms with Crippen LogP contribution in [0.15, 0.2) is 18.2 Å². The molecule has 1 aromatic carbocycles. The van der Waals surface area contributed by atoms with E-state index in [-0.39, 0.29) is 0 Å². The standard InChI is InChI=1S/C16H24ClN3/c1-12-10-19-7-3-4-14(19)11-20(12)16-6-5-13(9-18-2)8-15(16)17/h5-6,8,12,14,18H,3-4,7,9-11H2,1-2H3. The minimum Gasteiger partial charge on any atom is -0.365 e. The molecule has 0 amide bonds. The van der Waals surface area contributed by atoms with Crippen LogP contribution in [0.2, 0.25) is 5.02 Å². The van der Waals surface area contributed by atoms with Crippen LogP contribution in [0.5, 0.6) is 0 Å². The van der Waals surface area contributed by atoms with E-state index in [1.807, 2.05) is 7.05 Å². The van der Waals surface area contributed by atoms with E-state index < -0.39 is 0 Å². The van der Waals surface area contributed by atoms with Crippen molar-refractivity contribution in [3.05, 3.63) is 28.8 Å². The quantitative estimate of drug-likeness (QED) is 0.924. The molecule has 0 radical (unpaired) electrons. The lowest BCUT2D eigenvalue weighted by Crippen LogP contribution is -2.55. The van der Waals surface area contributed by atoms with Gasteiger partial charge in [0.25, 0.3) is 0 Å². The molecular formula is C16H24ClN3. The summed E-state index contributed by atoms with van der Waals surface area (Å²) >= 11 is 6.52. The Balaban J connectivity index is 1.81. The Kier molecular flexibility index (Phi) is 4.20. The zero-order chi connectivity index (χ0) is 14.1. The maximum absolute atomic E-state index is 6.52. The van der Waals surface area contributed by atoms with E-state index in [0.717, 1.165) is 24.2 Å². The number of anilines is 1. The summed E-state index contributed by atoms with van der Waals surface area (Å²) in [6.07, 6.45) is 2.68. The first-order valence-corrected chi connectivity index (χ1v) is 8.00. The van der Waals surface area contributed by atoms with E-state index in [9.17, 15) is 0 Å². The van der Waals surface area contributed by atoms with Crippen LogP contribution in [0.1, 0.15) is 25.3 Å². The van der Waals surface area contributed by atoms with Gasteiger partial charge in [0.05, 0.1) is 10.7 Å². The van der Waals surface area contributed by atoms with Crippen molar-refractivity contribution >= 4 is 17.3 Å². The first-order valence-electron chi connectivity index (χ1n) is 7.62. The number of nitrogens with one attached hydrogen (secondary N) is 1. The molecule has 2 atom stereocenters. The lowest BCUT2D eigenvalue weighted by atomic mass is 10.1. The van der Waals surface area contributed by atoms with Crippen LogP contribution in [0.4, 0.5) is 5.69 Å². The molecule has 20 heavy (non-hydrogen) atoms. The summed E-state index contributed by atoms with van der Waals surface area (Å²) in [5, 5.41) is 4.06. The Morgan fingerprint density at radius 1 is 1.35 bits per heavy atom. The molecule has 2 heterocycles. The van der Waals surface area contributed by atoms with Crippen LogP contribution in [0.3, 0.4) is 0 Å². The Hall–Kier alpha value is -0.770. The summed E-state index contributed by atoms with van der Waals surface area (Å²) in [4.78, 5) is 5.14. The Morgan fingerprint density at radius 2 is 2.20 bits per heavy atom. The lowest BCUT2D eigenvalue weighted by Gasteiger charge is -2.44. The van der Waals surface area contributed by atoms with Gasteiger partial charge in [0.1, 0.15) is 0 Å². The van der Waals surface area contributed by atoms with Crippen LogP contribution in [-0.4, -0.2) is 43.7 Å². The number of hydrogen-bond donors (Lipinski definition) is 1. The summed E-state index contributed by atoms with van der Waals surface area (Å²) in [6, 6.07) is 7.74. The smallest absolute Gasteiger partial charge is 0.0642 e. The van der Waals surface area contributed by atoms with E-state index in [2.05, 4.69) is 40.2 Å². The van der Waals surface area contributed by atoms with Crippen LogP contribution in [0.25, 0.3) is 0 Å². The second-order valence-corrected chi connectivity index (χ2v) is 6.52. The van der Waals surface area contributed by atoms with Gasteiger partial charge in [-0.1, -0.05) is 17.7 Å². The molecule has 0 spiro atoms. The number of nitrogens with zero attached hydrogens (tertiary/aromatic N) is 2. The van der Waals surface area contributed by atoms with Gasteiger partial charge in [-0.3, -0.25) is 4.90 Å². The third-order valence-corrected chi connectivity index (χ3v) is 4.94. The lowest BCUT2D eigenvalue weighted by molar-refractivity contribution is 0.203. The Bertz CT molecular complexity index is 477. The van der Waals surface area contributed by atoms with Gasteiger partial charge in [-0.25, -0.2) is 0 Å². The molecule has 2 aliphatic heterocycles. The third-order valence-electron chi connectivity index (χ3n) is 4.64. The monoisotopic (exact) mass is 293 g/mol. The second kappa shape index (κ2) is 5.92. The van der Waals surface area contributed by atoms with Crippen molar-refractivity contribution in [1.29, 1.82) is 0 Å². The zero-order valence-electron chi connectivity index (χ0n) is 12.4. The Labute approximate surface area is 126 Å². The number of piperazine rings is 1. The van der Waals surface area contributed by atoms with Crippen molar-refractivity contribution in [3.63, 3.8) is 0 Å². The van der Waals surface area contributed by atoms with Gasteiger partial charge in [0, 0.05) is 31.7 Å². The van der Waals surface area contributed by atoms with Gasteiger partial charge in [-0.05, 0) is 51.1 Å². The molecule has 1 aromatic rings. The van der Waals surface area contributed by atoms with Crippen molar-refractivity contribution < 1.29 is 0 Å². The molecule has 110 valence electrons. The molecular weight excluding hydrogens is 270 g/mol. The largest absolute Gasteiger partial charge is 0.365 e. The fourth-order valence-electron chi connectivity index (χ4n) is 3.62.